The van der Waals surface area contributed by atoms with Crippen LogP contribution in [0, 0.1) is 17.3 Å². The third kappa shape index (κ3) is 6.94. The van der Waals surface area contributed by atoms with E-state index in [0.29, 0.717) is 36.8 Å². The van der Waals surface area contributed by atoms with Gasteiger partial charge < -0.3 is 18.9 Å². The zero-order valence-electron chi connectivity index (χ0n) is 31.9. The van der Waals surface area contributed by atoms with Gasteiger partial charge in [-0.1, -0.05) is 111 Å². The van der Waals surface area contributed by atoms with Crippen LogP contribution < -0.4 is 15.0 Å². The lowest BCUT2D eigenvalue weighted by Gasteiger charge is -2.39. The van der Waals surface area contributed by atoms with Gasteiger partial charge in [0.05, 0.1) is 43.6 Å². The number of para-hydroxylation sites is 2. The van der Waals surface area contributed by atoms with Gasteiger partial charge in [0.1, 0.15) is 11.8 Å². The molecule has 1 saturated heterocycles. The van der Waals surface area contributed by atoms with Crippen LogP contribution in [0.1, 0.15) is 50.5 Å². The summed E-state index contributed by atoms with van der Waals surface area (Å²) < 4.78 is 28.6. The minimum atomic E-state index is -0.731. The van der Waals surface area contributed by atoms with Crippen molar-refractivity contribution in [2.45, 2.75) is 64.3 Å². The fourth-order valence-electron chi connectivity index (χ4n) is 8.45. The minimum Gasteiger partial charge on any atom is -0.388 e. The van der Waals surface area contributed by atoms with Crippen LogP contribution >= 0.6 is 0 Å². The summed E-state index contributed by atoms with van der Waals surface area (Å²) in [5.41, 5.74) is 3.14. The van der Waals surface area contributed by atoms with Crippen LogP contribution in [0.15, 0.2) is 128 Å². The number of anilines is 3. The van der Waals surface area contributed by atoms with Crippen molar-refractivity contribution in [3.8, 4) is 5.88 Å². The van der Waals surface area contributed by atoms with Crippen molar-refractivity contribution in [1.82, 2.24) is 19.5 Å². The quantitative estimate of drug-likeness (QED) is 0.123. The van der Waals surface area contributed by atoms with Gasteiger partial charge in [-0.3, -0.25) is 14.7 Å². The number of carbonyl (C=O) groups is 2. The smallest absolute Gasteiger partial charge is 0.388 e. The molecule has 3 fully saturated rings. The monoisotopic (exact) mass is 764 g/mol. The Kier molecular flexibility index (Phi) is 9.77. The molecule has 12 nitrogen and oxygen atoms in total. The van der Waals surface area contributed by atoms with E-state index >= 15 is 0 Å². The van der Waals surface area contributed by atoms with E-state index in [0.717, 1.165) is 30.4 Å². The van der Waals surface area contributed by atoms with Crippen molar-refractivity contribution < 1.29 is 28.5 Å². The first kappa shape index (κ1) is 36.7. The molecule has 12 heteroatoms. The Morgan fingerprint density at radius 3 is 2.04 bits per heavy atom. The molecule has 3 aliphatic rings. The Morgan fingerprint density at radius 2 is 1.44 bits per heavy atom. The molecule has 0 radical (unpaired) electrons. The van der Waals surface area contributed by atoms with Crippen LogP contribution in [-0.4, -0.2) is 49.8 Å². The number of imidazole rings is 1. The maximum atomic E-state index is 14.2. The lowest BCUT2D eigenvalue weighted by molar-refractivity contribution is -0.194. The average Bonchev–Trinajstić information content (AvgIpc) is 3.68. The summed E-state index contributed by atoms with van der Waals surface area (Å²) in [6.07, 6.45) is 3.02. The Bertz CT molecular complexity index is 2320. The van der Waals surface area contributed by atoms with Gasteiger partial charge in [-0.25, -0.2) is 14.7 Å². The van der Waals surface area contributed by atoms with Gasteiger partial charge in [-0.15, -0.1) is 0 Å². The molecule has 2 saturated carbocycles. The molecule has 2 aliphatic carbocycles. The maximum absolute atomic E-state index is 14.2. The molecule has 2 amide bonds. The molecule has 2 aromatic heterocycles. The molecule has 3 unspecified atom stereocenters. The Hall–Kier alpha value is -5.95. The van der Waals surface area contributed by atoms with Crippen molar-refractivity contribution in [3.63, 3.8) is 0 Å². The normalized spacial score (nSPS) is 21.6. The Balaban J connectivity index is 1.08. The summed E-state index contributed by atoms with van der Waals surface area (Å²) in [6.45, 7) is 4.78. The second-order valence-corrected chi connectivity index (χ2v) is 15.4. The van der Waals surface area contributed by atoms with Gasteiger partial charge >= 0.3 is 6.09 Å². The lowest BCUT2D eigenvalue weighted by Crippen LogP contribution is -2.50. The zero-order chi connectivity index (χ0) is 39.0. The van der Waals surface area contributed by atoms with Crippen LogP contribution in [-0.2, 0) is 32.2 Å². The third-order valence-corrected chi connectivity index (χ3v) is 11.4. The number of benzene rings is 4. The molecule has 290 valence electrons. The number of aromatic nitrogens is 4. The second kappa shape index (κ2) is 15.2. The summed E-state index contributed by atoms with van der Waals surface area (Å²) in [5.74, 6) is -0.830. The standard InChI is InChI=1S/C45H44N6O6/c1-30(2)39(52)48-42-47-38-36(40(49-42)56-43(53)51(33-19-11-5-12-20-33)34-21-13-6-14-22-34)46-29-50(38)41-35-25-44(23-24-44)45(57-41,28-54-26-31-15-7-3-8-16-31)37(35)55-27-32-17-9-4-10-18-32/h3-22,29-30,35,37,41H,23-28H2,1-2H3,(H,47,48,49,52)/t35?,37?,41?,45-/m1/s1. The van der Waals surface area contributed by atoms with E-state index in [9.17, 15) is 9.59 Å². The van der Waals surface area contributed by atoms with Crippen molar-refractivity contribution in [1.29, 1.82) is 0 Å². The van der Waals surface area contributed by atoms with E-state index in [1.165, 1.54) is 4.90 Å². The number of ether oxygens (including phenoxy) is 4. The van der Waals surface area contributed by atoms with Crippen LogP contribution in [0.5, 0.6) is 5.88 Å². The number of amides is 2. The van der Waals surface area contributed by atoms with Gasteiger partial charge in [0.25, 0.3) is 5.88 Å². The number of fused-ring (bicyclic) bond motifs is 4. The summed E-state index contributed by atoms with van der Waals surface area (Å²) in [4.78, 5) is 42.7. The minimum absolute atomic E-state index is 0.0173. The first-order chi connectivity index (χ1) is 27.8. The van der Waals surface area contributed by atoms with Gasteiger partial charge in [-0.2, -0.15) is 9.97 Å². The molecular formula is C45H44N6O6. The Labute approximate surface area is 330 Å². The molecular weight excluding hydrogens is 721 g/mol. The second-order valence-electron chi connectivity index (χ2n) is 15.4. The van der Waals surface area contributed by atoms with E-state index in [1.54, 1.807) is 20.2 Å². The summed E-state index contributed by atoms with van der Waals surface area (Å²) >= 11 is 0. The van der Waals surface area contributed by atoms with Crippen LogP contribution in [0.2, 0.25) is 0 Å². The van der Waals surface area contributed by atoms with Gasteiger partial charge in [0.2, 0.25) is 11.9 Å². The van der Waals surface area contributed by atoms with Crippen molar-refractivity contribution in [2.24, 2.45) is 17.3 Å². The van der Waals surface area contributed by atoms with E-state index in [-0.39, 0.29) is 46.6 Å². The van der Waals surface area contributed by atoms with E-state index in [1.807, 2.05) is 102 Å². The fourth-order valence-corrected chi connectivity index (χ4v) is 8.45. The zero-order valence-corrected chi connectivity index (χ0v) is 31.9. The topological polar surface area (TPSA) is 130 Å². The molecule has 3 heterocycles. The number of carbonyl (C=O) groups excluding carboxylic acids is 2. The molecule has 57 heavy (non-hydrogen) atoms. The maximum Gasteiger partial charge on any atom is 0.425 e. The molecule has 2 bridgehead atoms. The van der Waals surface area contributed by atoms with Crippen molar-refractivity contribution in [3.05, 3.63) is 139 Å². The highest BCUT2D eigenvalue weighted by Crippen LogP contribution is 2.73. The highest BCUT2D eigenvalue weighted by atomic mass is 16.6. The van der Waals surface area contributed by atoms with Gasteiger partial charge in [0.15, 0.2) is 11.2 Å². The number of rotatable bonds is 13. The van der Waals surface area contributed by atoms with Crippen LogP contribution in [0.25, 0.3) is 11.2 Å². The number of nitrogens with zero attached hydrogens (tertiary/aromatic N) is 5. The first-order valence-electron chi connectivity index (χ1n) is 19.5. The van der Waals surface area contributed by atoms with Gasteiger partial charge in [0, 0.05) is 17.3 Å². The third-order valence-electron chi connectivity index (χ3n) is 11.4. The number of nitrogens with one attached hydrogen (secondary N) is 1. The average molecular weight is 765 g/mol. The molecule has 1 N–H and O–H groups in total. The highest BCUT2D eigenvalue weighted by molar-refractivity contribution is 5.98. The summed E-state index contributed by atoms with van der Waals surface area (Å²) in [7, 11) is 0. The Morgan fingerprint density at radius 1 is 0.842 bits per heavy atom. The SMILES string of the molecule is CC(C)C(=O)Nc1nc(OC(=O)N(c2ccccc2)c2ccccc2)c2ncn(C3O[C@]4(COCc5ccccc5)C(OCc5ccccc5)C3CC43CC3)c2n1. The van der Waals surface area contributed by atoms with Crippen LogP contribution in [0.3, 0.4) is 0 Å². The van der Waals surface area contributed by atoms with Crippen molar-refractivity contribution in [2.75, 3.05) is 16.8 Å². The fraction of sp³-hybridized carbons (Fsp3) is 0.311. The predicted molar refractivity (Wildman–Crippen MR) is 214 cm³/mol. The van der Waals surface area contributed by atoms with E-state index in [2.05, 4.69) is 34.6 Å². The molecule has 9 rings (SSSR count). The number of hydrogen-bond acceptors (Lipinski definition) is 9. The lowest BCUT2D eigenvalue weighted by atomic mass is 9.86. The number of hydrogen-bond donors (Lipinski definition) is 1. The summed E-state index contributed by atoms with van der Waals surface area (Å²) in [5, 5.41) is 2.81. The molecule has 4 atom stereocenters. The van der Waals surface area contributed by atoms with E-state index in [4.69, 9.17) is 28.9 Å². The van der Waals surface area contributed by atoms with E-state index < -0.39 is 17.9 Å². The largest absolute Gasteiger partial charge is 0.425 e. The first-order valence-corrected chi connectivity index (χ1v) is 19.5. The molecule has 4 aromatic carbocycles. The highest BCUT2D eigenvalue weighted by Gasteiger charge is 2.77. The predicted octanol–water partition coefficient (Wildman–Crippen LogP) is 8.63. The molecule has 1 aliphatic heterocycles. The molecule has 1 spiro atoms. The van der Waals surface area contributed by atoms with Gasteiger partial charge in [-0.05, 0) is 54.7 Å². The molecule has 6 aromatic rings. The summed E-state index contributed by atoms with van der Waals surface area (Å²) in [6, 6.07) is 38.7. The van der Waals surface area contributed by atoms with Crippen molar-refractivity contribution >= 4 is 40.5 Å². The van der Waals surface area contributed by atoms with Crippen LogP contribution in [0.4, 0.5) is 22.1 Å².